The molecular formula is C21H28N8O3. The highest BCUT2D eigenvalue weighted by Gasteiger charge is 2.27. The first-order chi connectivity index (χ1) is 16.4. The highest BCUT2D eigenvalue weighted by Crippen LogP contribution is 2.34. The van der Waals surface area contributed by atoms with Gasteiger partial charge in [0, 0.05) is 25.3 Å². The van der Waals surface area contributed by atoms with Gasteiger partial charge in [-0.1, -0.05) is 0 Å². The Kier molecular flexibility index (Phi) is 4.77. The average molecular weight is 444 g/mol. The lowest BCUT2D eigenvalue weighted by Gasteiger charge is -2.34. The molecule has 1 atom stereocenters. The van der Waals surface area contributed by atoms with Crippen LogP contribution in [0.1, 0.15) is 37.7 Å². The molecule has 0 saturated carbocycles. The summed E-state index contributed by atoms with van der Waals surface area (Å²) in [5.41, 5.74) is 7.96. The number of fused-ring (bicyclic) bond motifs is 1. The summed E-state index contributed by atoms with van der Waals surface area (Å²) in [6.45, 7) is 6.72. The van der Waals surface area contributed by atoms with Gasteiger partial charge in [0.1, 0.15) is 17.4 Å². The van der Waals surface area contributed by atoms with Crippen LogP contribution in [0, 0.1) is 0 Å². The number of aromatic nitrogens is 5. The third-order valence-corrected chi connectivity index (χ3v) is 5.03. The van der Waals surface area contributed by atoms with E-state index in [1.165, 1.54) is 12.5 Å². The van der Waals surface area contributed by atoms with Crippen molar-refractivity contribution in [2.75, 3.05) is 30.8 Å². The van der Waals surface area contributed by atoms with E-state index in [4.69, 9.17) is 19.3 Å². The first-order valence-electron chi connectivity index (χ1n) is 11.8. The fourth-order valence-corrected chi connectivity index (χ4v) is 3.79. The van der Waals surface area contributed by atoms with Gasteiger partial charge in [0.2, 0.25) is 0 Å². The summed E-state index contributed by atoms with van der Waals surface area (Å²) in [6.07, 6.45) is 3.93. The smallest absolute Gasteiger partial charge is 0.407 e. The predicted molar refractivity (Wildman–Crippen MR) is 120 cm³/mol. The number of nitrogens with zero attached hydrogens (tertiary/aromatic N) is 6. The molecule has 1 fully saturated rings. The van der Waals surface area contributed by atoms with Crippen molar-refractivity contribution in [2.45, 2.75) is 45.3 Å². The first-order valence-corrected chi connectivity index (χ1v) is 10.3. The lowest BCUT2D eigenvalue weighted by atomic mass is 10.1. The van der Waals surface area contributed by atoms with Gasteiger partial charge < -0.3 is 25.4 Å². The molecule has 32 heavy (non-hydrogen) atoms. The first kappa shape index (κ1) is 18.0. The zero-order chi connectivity index (χ0) is 25.4. The van der Waals surface area contributed by atoms with E-state index in [0.29, 0.717) is 23.4 Å². The summed E-state index contributed by atoms with van der Waals surface area (Å²) < 4.78 is 33.8. The van der Waals surface area contributed by atoms with Crippen LogP contribution in [-0.4, -0.2) is 62.4 Å². The van der Waals surface area contributed by atoms with Gasteiger partial charge in [-0.15, -0.1) is 0 Å². The number of anilines is 2. The summed E-state index contributed by atoms with van der Waals surface area (Å²) in [7, 11) is -2.68. The minimum Gasteiger partial charge on any atom is -0.467 e. The topological polar surface area (TPSA) is 133 Å². The number of methoxy groups -OCH3 is 1. The van der Waals surface area contributed by atoms with Crippen LogP contribution in [0.15, 0.2) is 24.7 Å². The molecule has 4 heterocycles. The zero-order valence-corrected chi connectivity index (χ0v) is 18.2. The molecule has 0 bridgehead atoms. The molecule has 1 aliphatic heterocycles. The van der Waals surface area contributed by atoms with Gasteiger partial charge in [-0.3, -0.25) is 0 Å². The fraction of sp³-hybridized carbons (Fsp3) is 0.476. The van der Waals surface area contributed by atoms with Crippen LogP contribution >= 0.6 is 0 Å². The molecule has 3 aromatic heterocycles. The number of carbonyl (C=O) groups excluding carboxylic acids is 1. The summed E-state index contributed by atoms with van der Waals surface area (Å²) >= 11 is 0. The number of amides is 1. The Morgan fingerprint density at radius 2 is 2.22 bits per heavy atom. The van der Waals surface area contributed by atoms with Crippen molar-refractivity contribution in [1.82, 2.24) is 29.9 Å². The third-order valence-electron chi connectivity index (χ3n) is 5.03. The molecule has 11 nitrogen and oxygen atoms in total. The molecule has 170 valence electrons. The van der Waals surface area contributed by atoms with Gasteiger partial charge >= 0.3 is 12.1 Å². The molecule has 11 heteroatoms. The molecule has 0 radical (unpaired) electrons. The third kappa shape index (κ3) is 4.51. The van der Waals surface area contributed by atoms with E-state index in [1.54, 1.807) is 10.6 Å². The highest BCUT2D eigenvalue weighted by atomic mass is 16.6. The van der Waals surface area contributed by atoms with Crippen LogP contribution in [-0.2, 0) is 4.74 Å². The molecule has 0 spiro atoms. The van der Waals surface area contributed by atoms with Crippen molar-refractivity contribution >= 4 is 23.1 Å². The van der Waals surface area contributed by atoms with Crippen molar-refractivity contribution in [3.63, 3.8) is 0 Å². The second-order valence-corrected chi connectivity index (χ2v) is 8.58. The van der Waals surface area contributed by atoms with Crippen molar-refractivity contribution in [3.05, 3.63) is 24.7 Å². The standard InChI is InChI=1S/C21H28N8O3/c1-21(2,3)32-20(30)26-13-6-5-9-28(11-13)16-10-15(14-7-8-23-19(27-14)31-4)29-17(16)18(22)24-12-25-29/h7-8,10,12-13H,5-6,9,11H2,1-4H3,(H,26,30)(H2,22,24,25)/t13-/m1/s1/i4D3. The van der Waals surface area contributed by atoms with E-state index in [2.05, 4.69) is 30.3 Å². The van der Waals surface area contributed by atoms with Gasteiger partial charge in [0.15, 0.2) is 5.82 Å². The monoisotopic (exact) mass is 443 g/mol. The summed E-state index contributed by atoms with van der Waals surface area (Å²) in [6, 6.07) is 3.08. The van der Waals surface area contributed by atoms with Crippen molar-refractivity contribution < 1.29 is 18.4 Å². The number of nitrogens with two attached hydrogens (primary N) is 1. The van der Waals surface area contributed by atoms with E-state index in [-0.39, 0.29) is 17.9 Å². The Bertz CT molecular complexity index is 1220. The Morgan fingerprint density at radius 3 is 3.00 bits per heavy atom. The molecule has 0 aromatic carbocycles. The molecule has 0 unspecified atom stereocenters. The SMILES string of the molecule is [2H]C([2H])([2H])Oc1nccc(-c2cc(N3CCC[C@@H](NC(=O)OC(C)(C)C)C3)c3c(N)ncnn23)n1. The normalized spacial score (nSPS) is 18.5. The zero-order valence-electron chi connectivity index (χ0n) is 21.2. The van der Waals surface area contributed by atoms with Crippen LogP contribution in [0.2, 0.25) is 0 Å². The molecule has 1 amide bonds. The Hall–Kier alpha value is -3.63. The number of alkyl carbamates (subject to hydrolysis) is 1. The maximum atomic E-state index is 12.3. The highest BCUT2D eigenvalue weighted by molar-refractivity contribution is 5.88. The Morgan fingerprint density at radius 1 is 1.38 bits per heavy atom. The van der Waals surface area contributed by atoms with Gasteiger partial charge in [0.25, 0.3) is 0 Å². The van der Waals surface area contributed by atoms with E-state index < -0.39 is 18.7 Å². The van der Waals surface area contributed by atoms with Crippen molar-refractivity contribution in [3.8, 4) is 17.4 Å². The van der Waals surface area contributed by atoms with Crippen LogP contribution in [0.3, 0.4) is 0 Å². The minimum atomic E-state index is -2.68. The quantitative estimate of drug-likeness (QED) is 0.623. The number of hydrogen-bond acceptors (Lipinski definition) is 9. The second kappa shape index (κ2) is 8.48. The fourth-order valence-electron chi connectivity index (χ4n) is 3.79. The number of piperidine rings is 1. The molecule has 3 aromatic rings. The van der Waals surface area contributed by atoms with E-state index in [0.717, 1.165) is 25.1 Å². The Balaban J connectivity index is 1.66. The summed E-state index contributed by atoms with van der Waals surface area (Å²) in [4.78, 5) is 26.7. The lowest BCUT2D eigenvalue weighted by molar-refractivity contribution is 0.0500. The molecule has 4 rings (SSSR count). The van der Waals surface area contributed by atoms with E-state index in [9.17, 15) is 4.79 Å². The number of rotatable bonds is 4. The molecule has 1 aliphatic rings. The van der Waals surface area contributed by atoms with Gasteiger partial charge in [-0.05, 0) is 45.7 Å². The van der Waals surface area contributed by atoms with Crippen molar-refractivity contribution in [1.29, 1.82) is 0 Å². The molecular weight excluding hydrogens is 412 g/mol. The maximum Gasteiger partial charge on any atom is 0.407 e. The van der Waals surface area contributed by atoms with Crippen LogP contribution in [0.25, 0.3) is 16.9 Å². The Labute approximate surface area is 190 Å². The van der Waals surface area contributed by atoms with Crippen LogP contribution in [0.5, 0.6) is 6.01 Å². The van der Waals surface area contributed by atoms with Crippen LogP contribution in [0.4, 0.5) is 16.3 Å². The molecule has 1 saturated heterocycles. The van der Waals surface area contributed by atoms with E-state index in [1.807, 2.05) is 26.8 Å². The number of carbonyl (C=O) groups is 1. The van der Waals surface area contributed by atoms with Gasteiger partial charge in [-0.2, -0.15) is 10.1 Å². The van der Waals surface area contributed by atoms with Gasteiger partial charge in [-0.25, -0.2) is 19.3 Å². The average Bonchev–Trinajstić information content (AvgIpc) is 3.13. The minimum absolute atomic E-state index is 0.124. The number of hydrogen-bond donors (Lipinski definition) is 2. The molecule has 0 aliphatic carbocycles. The largest absolute Gasteiger partial charge is 0.467 e. The maximum absolute atomic E-state index is 12.3. The predicted octanol–water partition coefficient (Wildman–Crippen LogP) is 2.27. The number of nitrogen functional groups attached to an aromatic ring is 1. The molecule has 3 N–H and O–H groups in total. The number of ether oxygens (including phenoxy) is 2. The second-order valence-electron chi connectivity index (χ2n) is 8.58. The summed E-state index contributed by atoms with van der Waals surface area (Å²) in [5, 5.41) is 7.29. The number of nitrogens with one attached hydrogen (secondary N) is 1. The van der Waals surface area contributed by atoms with Crippen LogP contribution < -0.4 is 20.7 Å². The summed E-state index contributed by atoms with van der Waals surface area (Å²) in [5.74, 6) is 0.275. The van der Waals surface area contributed by atoms with Crippen molar-refractivity contribution in [2.24, 2.45) is 0 Å². The van der Waals surface area contributed by atoms with Gasteiger partial charge in [0.05, 0.1) is 28.2 Å². The lowest BCUT2D eigenvalue weighted by Crippen LogP contribution is -2.49. The van der Waals surface area contributed by atoms with E-state index >= 15 is 0 Å².